The molecule has 1 fully saturated rings. The molecule has 5 N–H and O–H groups in total. The summed E-state index contributed by atoms with van der Waals surface area (Å²) in [5, 5.41) is 18.4. The van der Waals surface area contributed by atoms with Crippen molar-refractivity contribution >= 4 is 17.7 Å². The third kappa shape index (κ3) is 4.31. The van der Waals surface area contributed by atoms with E-state index < -0.39 is 0 Å². The van der Waals surface area contributed by atoms with Crippen LogP contribution in [0, 0.1) is 0 Å². The number of hydrogen-bond acceptors (Lipinski definition) is 5. The number of carbonyl (C=O) groups is 3. The lowest BCUT2D eigenvalue weighted by Gasteiger charge is -2.11. The highest BCUT2D eigenvalue weighted by atomic mass is 16.3. The van der Waals surface area contributed by atoms with E-state index in [1.807, 2.05) is 0 Å². The standard InChI is InChI=1S/2C4H6N2O2/c2*7-3-1-4(8)6-2-5-3/h1-2H2,(H,5,7)(H,6,8);1,5,7H,2H2,(H,6,8). The molecule has 0 atom stereocenters. The van der Waals surface area contributed by atoms with Gasteiger partial charge in [-0.2, -0.15) is 0 Å². The van der Waals surface area contributed by atoms with Gasteiger partial charge in [0.2, 0.25) is 11.8 Å². The molecule has 0 saturated carbocycles. The number of aliphatic hydroxyl groups excluding tert-OH is 1. The Labute approximate surface area is 91.1 Å². The fraction of sp³-hybridized carbons (Fsp3) is 0.375. The lowest BCUT2D eigenvalue weighted by Crippen LogP contribution is -2.45. The quantitative estimate of drug-likeness (QED) is 0.297. The summed E-state index contributed by atoms with van der Waals surface area (Å²) < 4.78 is 0. The van der Waals surface area contributed by atoms with Crippen molar-refractivity contribution in [2.24, 2.45) is 0 Å². The highest BCUT2D eigenvalue weighted by Gasteiger charge is 2.12. The third-order valence-corrected chi connectivity index (χ3v) is 1.69. The Kier molecular flexibility index (Phi) is 4.13. The lowest BCUT2D eigenvalue weighted by atomic mass is 10.3. The Morgan fingerprint density at radius 1 is 0.938 bits per heavy atom. The van der Waals surface area contributed by atoms with E-state index >= 15 is 0 Å². The van der Waals surface area contributed by atoms with Crippen LogP contribution >= 0.6 is 0 Å². The minimum atomic E-state index is -0.263. The minimum absolute atomic E-state index is 0.0278. The molecule has 2 heterocycles. The molecule has 0 radical (unpaired) electrons. The van der Waals surface area contributed by atoms with Crippen molar-refractivity contribution in [1.82, 2.24) is 21.3 Å². The normalized spacial score (nSPS) is 19.0. The van der Waals surface area contributed by atoms with Crippen LogP contribution in [-0.4, -0.2) is 36.2 Å². The van der Waals surface area contributed by atoms with Gasteiger partial charge in [0.15, 0.2) is 5.88 Å². The van der Waals surface area contributed by atoms with Crippen molar-refractivity contribution in [3.8, 4) is 0 Å². The summed E-state index contributed by atoms with van der Waals surface area (Å²) in [7, 11) is 0. The zero-order chi connectivity index (χ0) is 12.0. The minimum Gasteiger partial charge on any atom is -0.495 e. The summed E-state index contributed by atoms with van der Waals surface area (Å²) in [6.45, 7) is 0.582. The Balaban J connectivity index is 0.000000160. The van der Waals surface area contributed by atoms with Crippen molar-refractivity contribution in [1.29, 1.82) is 0 Å². The Morgan fingerprint density at radius 3 is 1.81 bits per heavy atom. The zero-order valence-corrected chi connectivity index (χ0v) is 8.37. The van der Waals surface area contributed by atoms with Crippen molar-refractivity contribution < 1.29 is 19.5 Å². The van der Waals surface area contributed by atoms with E-state index in [-0.39, 0.29) is 36.7 Å². The first kappa shape index (κ1) is 11.8. The molecule has 3 amide bonds. The topological polar surface area (TPSA) is 120 Å². The fourth-order valence-electron chi connectivity index (χ4n) is 0.960. The second-order valence-corrected chi connectivity index (χ2v) is 2.98. The van der Waals surface area contributed by atoms with E-state index in [9.17, 15) is 14.4 Å². The van der Waals surface area contributed by atoms with Crippen LogP contribution in [-0.2, 0) is 14.4 Å². The molecule has 0 spiro atoms. The van der Waals surface area contributed by atoms with E-state index in [2.05, 4.69) is 21.3 Å². The van der Waals surface area contributed by atoms with Crippen LogP contribution < -0.4 is 21.3 Å². The zero-order valence-electron chi connectivity index (χ0n) is 8.37. The Bertz CT molecular complexity index is 325. The smallest absolute Gasteiger partial charge is 0.250 e. The monoisotopic (exact) mass is 228 g/mol. The van der Waals surface area contributed by atoms with Gasteiger partial charge in [-0.25, -0.2) is 0 Å². The van der Waals surface area contributed by atoms with Gasteiger partial charge in [0.25, 0.3) is 5.91 Å². The summed E-state index contributed by atoms with van der Waals surface area (Å²) in [5.41, 5.74) is 0. The molecule has 0 aromatic rings. The predicted molar refractivity (Wildman–Crippen MR) is 52.6 cm³/mol. The van der Waals surface area contributed by atoms with Crippen LogP contribution in [0.2, 0.25) is 0 Å². The molecule has 2 aliphatic heterocycles. The van der Waals surface area contributed by atoms with E-state index in [1.54, 1.807) is 0 Å². The fourth-order valence-corrected chi connectivity index (χ4v) is 0.960. The van der Waals surface area contributed by atoms with Gasteiger partial charge in [0, 0.05) is 0 Å². The summed E-state index contributed by atoms with van der Waals surface area (Å²) in [6, 6.07) is 0. The number of hydrogen-bond donors (Lipinski definition) is 5. The average molecular weight is 228 g/mol. The maximum Gasteiger partial charge on any atom is 0.250 e. The van der Waals surface area contributed by atoms with Crippen molar-refractivity contribution in [3.05, 3.63) is 12.0 Å². The first-order valence-corrected chi connectivity index (χ1v) is 4.53. The SMILES string of the molecule is O=C1C=C(O)NCN1.O=C1CC(=O)NCN1. The van der Waals surface area contributed by atoms with Gasteiger partial charge in [-0.15, -0.1) is 0 Å². The largest absolute Gasteiger partial charge is 0.495 e. The summed E-state index contributed by atoms with van der Waals surface area (Å²) in [6.07, 6.45) is 1.06. The summed E-state index contributed by atoms with van der Waals surface area (Å²) >= 11 is 0. The number of rotatable bonds is 0. The van der Waals surface area contributed by atoms with E-state index in [4.69, 9.17) is 5.11 Å². The van der Waals surface area contributed by atoms with Gasteiger partial charge in [-0.1, -0.05) is 0 Å². The molecule has 16 heavy (non-hydrogen) atoms. The van der Waals surface area contributed by atoms with Crippen molar-refractivity contribution in [2.45, 2.75) is 6.42 Å². The number of carbonyl (C=O) groups excluding carboxylic acids is 3. The molecular formula is C8H12N4O4. The first-order valence-electron chi connectivity index (χ1n) is 4.53. The van der Waals surface area contributed by atoms with Crippen LogP contribution in [0.25, 0.3) is 0 Å². The van der Waals surface area contributed by atoms with Crippen LogP contribution in [0.1, 0.15) is 6.42 Å². The van der Waals surface area contributed by atoms with Gasteiger partial charge in [0.1, 0.15) is 6.42 Å². The van der Waals surface area contributed by atoms with E-state index in [1.165, 1.54) is 0 Å². The van der Waals surface area contributed by atoms with Gasteiger partial charge in [-0.3, -0.25) is 14.4 Å². The highest BCUT2D eigenvalue weighted by Crippen LogP contribution is 1.84. The van der Waals surface area contributed by atoms with Gasteiger partial charge in [0.05, 0.1) is 19.4 Å². The van der Waals surface area contributed by atoms with E-state index in [0.717, 1.165) is 6.08 Å². The van der Waals surface area contributed by atoms with Crippen molar-refractivity contribution in [3.63, 3.8) is 0 Å². The molecule has 0 aliphatic carbocycles. The summed E-state index contributed by atoms with van der Waals surface area (Å²) in [4.78, 5) is 30.9. The number of nitrogens with one attached hydrogen (secondary N) is 4. The first-order chi connectivity index (χ1) is 7.58. The molecule has 1 saturated heterocycles. The molecule has 0 aromatic heterocycles. The van der Waals surface area contributed by atoms with Crippen LogP contribution in [0.3, 0.4) is 0 Å². The molecule has 8 heteroatoms. The third-order valence-electron chi connectivity index (χ3n) is 1.69. The second-order valence-electron chi connectivity index (χ2n) is 2.98. The molecular weight excluding hydrogens is 216 g/mol. The van der Waals surface area contributed by atoms with Crippen molar-refractivity contribution in [2.75, 3.05) is 13.3 Å². The Hall–Kier alpha value is -2.25. The molecule has 0 aromatic carbocycles. The molecule has 88 valence electrons. The number of aliphatic hydroxyl groups is 1. The van der Waals surface area contributed by atoms with Crippen LogP contribution in [0.4, 0.5) is 0 Å². The highest BCUT2D eigenvalue weighted by molar-refractivity contribution is 5.98. The summed E-state index contributed by atoms with van der Waals surface area (Å²) in [5.74, 6) is -0.738. The molecule has 8 nitrogen and oxygen atoms in total. The molecule has 0 bridgehead atoms. The molecule has 0 unspecified atom stereocenters. The molecule has 2 aliphatic rings. The van der Waals surface area contributed by atoms with Gasteiger partial charge in [-0.05, 0) is 0 Å². The van der Waals surface area contributed by atoms with Gasteiger partial charge < -0.3 is 26.4 Å². The maximum atomic E-state index is 10.3. The predicted octanol–water partition coefficient (Wildman–Crippen LogP) is -2.36. The van der Waals surface area contributed by atoms with E-state index in [0.29, 0.717) is 6.67 Å². The van der Waals surface area contributed by atoms with Crippen LogP contribution in [0.5, 0.6) is 0 Å². The maximum absolute atomic E-state index is 10.3. The number of amides is 3. The molecule has 2 rings (SSSR count). The average Bonchev–Trinajstić information content (AvgIpc) is 2.17. The Morgan fingerprint density at radius 2 is 1.50 bits per heavy atom. The lowest BCUT2D eigenvalue weighted by molar-refractivity contribution is -0.132. The second kappa shape index (κ2) is 5.59. The van der Waals surface area contributed by atoms with Gasteiger partial charge >= 0.3 is 0 Å². The van der Waals surface area contributed by atoms with Crippen LogP contribution in [0.15, 0.2) is 12.0 Å².